The monoisotopic (exact) mass is 260 g/mol. The van der Waals surface area contributed by atoms with Crippen molar-refractivity contribution in [2.24, 2.45) is 5.41 Å². The number of aromatic nitrogens is 1. The van der Waals surface area contributed by atoms with Gasteiger partial charge in [-0.3, -0.25) is 0 Å². The molecule has 0 aliphatic heterocycles. The summed E-state index contributed by atoms with van der Waals surface area (Å²) in [6, 6.07) is 0. The van der Waals surface area contributed by atoms with Crippen LogP contribution in [0.3, 0.4) is 0 Å². The van der Waals surface area contributed by atoms with E-state index in [4.69, 9.17) is 11.6 Å². The summed E-state index contributed by atoms with van der Waals surface area (Å²) in [6.07, 6.45) is 1.02. The van der Waals surface area contributed by atoms with E-state index >= 15 is 0 Å². The van der Waals surface area contributed by atoms with Crippen molar-refractivity contribution in [2.45, 2.75) is 33.1 Å². The van der Waals surface area contributed by atoms with E-state index < -0.39 is 0 Å². The highest BCUT2D eigenvalue weighted by Crippen LogP contribution is 2.16. The van der Waals surface area contributed by atoms with Gasteiger partial charge in [0.25, 0.3) is 0 Å². The highest BCUT2D eigenvalue weighted by molar-refractivity contribution is 7.09. The van der Waals surface area contributed by atoms with Gasteiger partial charge in [-0.05, 0) is 12.5 Å². The number of nitrogens with zero attached hydrogens (tertiary/aromatic N) is 2. The van der Waals surface area contributed by atoms with Gasteiger partial charge in [0.2, 0.25) is 0 Å². The van der Waals surface area contributed by atoms with Crippen molar-refractivity contribution in [3.8, 4) is 0 Å². The molecule has 0 radical (unpaired) electrons. The Morgan fingerprint density at radius 3 is 2.62 bits per heavy atom. The quantitative estimate of drug-likeness (QED) is 0.755. The highest BCUT2D eigenvalue weighted by Gasteiger charge is 2.13. The molecule has 0 saturated carbocycles. The van der Waals surface area contributed by atoms with E-state index in [1.165, 1.54) is 5.01 Å². The second-order valence-corrected chi connectivity index (χ2v) is 6.62. The summed E-state index contributed by atoms with van der Waals surface area (Å²) in [4.78, 5) is 6.82. The van der Waals surface area contributed by atoms with Crippen LogP contribution in [0.5, 0.6) is 0 Å². The third kappa shape index (κ3) is 5.28. The molecule has 0 bridgehead atoms. The van der Waals surface area contributed by atoms with Crippen molar-refractivity contribution >= 4 is 22.9 Å². The van der Waals surface area contributed by atoms with Crippen LogP contribution in [0.2, 0.25) is 0 Å². The molecule has 0 aliphatic carbocycles. The Bertz CT molecular complexity index is 317. The maximum atomic E-state index is 5.72. The summed E-state index contributed by atoms with van der Waals surface area (Å²) in [7, 11) is 2.17. The largest absolute Gasteiger partial charge is 0.305 e. The molecule has 2 nitrogen and oxygen atoms in total. The Morgan fingerprint density at radius 2 is 2.12 bits per heavy atom. The minimum atomic E-state index is 0.360. The Kier molecular flexibility index (Phi) is 5.22. The van der Waals surface area contributed by atoms with Gasteiger partial charge in [0, 0.05) is 24.9 Å². The van der Waals surface area contributed by atoms with Gasteiger partial charge < -0.3 is 4.90 Å². The van der Waals surface area contributed by atoms with E-state index in [0.717, 1.165) is 25.2 Å². The number of halogens is 1. The van der Waals surface area contributed by atoms with E-state index in [-0.39, 0.29) is 0 Å². The van der Waals surface area contributed by atoms with Crippen molar-refractivity contribution < 1.29 is 0 Å². The average Bonchev–Trinajstić information content (AvgIpc) is 2.59. The molecular weight excluding hydrogens is 240 g/mol. The van der Waals surface area contributed by atoms with Crippen LogP contribution in [-0.4, -0.2) is 30.0 Å². The summed E-state index contributed by atoms with van der Waals surface area (Å²) in [5, 5.41) is 3.24. The van der Waals surface area contributed by atoms with E-state index in [9.17, 15) is 0 Å². The van der Waals surface area contributed by atoms with Crippen molar-refractivity contribution in [2.75, 3.05) is 20.1 Å². The predicted molar refractivity (Wildman–Crippen MR) is 72.3 cm³/mol. The summed E-state index contributed by atoms with van der Waals surface area (Å²) < 4.78 is 0. The molecule has 0 N–H and O–H groups in total. The average molecular weight is 261 g/mol. The lowest BCUT2D eigenvalue weighted by molar-refractivity contribution is 0.229. The number of rotatable bonds is 5. The van der Waals surface area contributed by atoms with Crippen molar-refractivity contribution in [3.05, 3.63) is 16.1 Å². The normalized spacial score (nSPS) is 12.4. The molecular formula is C12H21ClN2S. The topological polar surface area (TPSA) is 16.1 Å². The van der Waals surface area contributed by atoms with Crippen LogP contribution in [-0.2, 0) is 12.3 Å². The standard InChI is InChI=1S/C12H21ClN2S/c1-12(2,3)9-15(4)6-5-11-14-10(7-13)8-16-11/h8H,5-7,9H2,1-4H3. The van der Waals surface area contributed by atoms with E-state index in [1.54, 1.807) is 11.3 Å². The Hall–Kier alpha value is -0.120. The third-order valence-corrected chi connectivity index (χ3v) is 3.42. The van der Waals surface area contributed by atoms with Gasteiger partial charge >= 0.3 is 0 Å². The maximum absolute atomic E-state index is 5.72. The van der Waals surface area contributed by atoms with Gasteiger partial charge in [-0.25, -0.2) is 4.98 Å². The molecule has 0 unspecified atom stereocenters. The zero-order valence-electron chi connectivity index (χ0n) is 10.6. The molecule has 0 spiro atoms. The van der Waals surface area contributed by atoms with Gasteiger partial charge in [-0.1, -0.05) is 20.8 Å². The first kappa shape index (κ1) is 13.9. The number of likely N-dealkylation sites (N-methyl/N-ethyl adjacent to an activating group) is 1. The smallest absolute Gasteiger partial charge is 0.0941 e. The van der Waals surface area contributed by atoms with Gasteiger partial charge in [-0.2, -0.15) is 0 Å². The fourth-order valence-corrected chi connectivity index (χ4v) is 2.72. The zero-order chi connectivity index (χ0) is 12.2. The molecule has 1 aromatic rings. The number of hydrogen-bond donors (Lipinski definition) is 0. The van der Waals surface area contributed by atoms with Crippen LogP contribution in [0.15, 0.2) is 5.38 Å². The van der Waals surface area contributed by atoms with E-state index in [0.29, 0.717) is 11.3 Å². The molecule has 4 heteroatoms. The third-order valence-electron chi connectivity index (χ3n) is 2.19. The zero-order valence-corrected chi connectivity index (χ0v) is 12.2. The molecule has 0 saturated heterocycles. The molecule has 0 fully saturated rings. The maximum Gasteiger partial charge on any atom is 0.0941 e. The SMILES string of the molecule is CN(CCc1nc(CCl)cs1)CC(C)(C)C. The Balaban J connectivity index is 2.34. The number of hydrogen-bond acceptors (Lipinski definition) is 3. The first-order chi connectivity index (χ1) is 7.40. The van der Waals surface area contributed by atoms with Gasteiger partial charge in [0.1, 0.15) is 0 Å². The molecule has 0 aromatic carbocycles. The summed E-state index contributed by atoms with van der Waals surface area (Å²) in [6.45, 7) is 8.96. The van der Waals surface area contributed by atoms with Crippen LogP contribution >= 0.6 is 22.9 Å². The lowest BCUT2D eigenvalue weighted by Gasteiger charge is -2.26. The van der Waals surface area contributed by atoms with Crippen LogP contribution in [0, 0.1) is 5.41 Å². The predicted octanol–water partition coefficient (Wildman–Crippen LogP) is 3.40. The second-order valence-electron chi connectivity index (χ2n) is 5.41. The van der Waals surface area contributed by atoms with Crippen LogP contribution in [0.1, 0.15) is 31.5 Å². The molecule has 1 aromatic heterocycles. The molecule has 92 valence electrons. The first-order valence-corrected chi connectivity index (χ1v) is 7.00. The van der Waals surface area contributed by atoms with Crippen LogP contribution in [0.4, 0.5) is 0 Å². The molecule has 1 rings (SSSR count). The fourth-order valence-electron chi connectivity index (χ4n) is 1.70. The number of thiazole rings is 1. The number of alkyl halides is 1. The molecule has 0 amide bonds. The molecule has 1 heterocycles. The summed E-state index contributed by atoms with van der Waals surface area (Å²) in [5.41, 5.74) is 1.36. The Labute approximate surface area is 108 Å². The van der Waals surface area contributed by atoms with Crippen molar-refractivity contribution in [3.63, 3.8) is 0 Å². The van der Waals surface area contributed by atoms with Crippen molar-refractivity contribution in [1.82, 2.24) is 9.88 Å². The first-order valence-electron chi connectivity index (χ1n) is 5.58. The summed E-state index contributed by atoms with van der Waals surface area (Å²) in [5.74, 6) is 0.522. The van der Waals surface area contributed by atoms with Gasteiger partial charge in [-0.15, -0.1) is 22.9 Å². The lowest BCUT2D eigenvalue weighted by atomic mass is 9.96. The van der Waals surface area contributed by atoms with Crippen molar-refractivity contribution in [1.29, 1.82) is 0 Å². The lowest BCUT2D eigenvalue weighted by Crippen LogP contribution is -2.30. The Morgan fingerprint density at radius 1 is 1.44 bits per heavy atom. The van der Waals surface area contributed by atoms with Crippen LogP contribution < -0.4 is 0 Å². The summed E-state index contributed by atoms with van der Waals surface area (Å²) >= 11 is 7.44. The minimum absolute atomic E-state index is 0.360. The second kappa shape index (κ2) is 5.99. The van der Waals surface area contributed by atoms with Gasteiger partial charge in [0.15, 0.2) is 0 Å². The molecule has 0 atom stereocenters. The van der Waals surface area contributed by atoms with Gasteiger partial charge in [0.05, 0.1) is 16.6 Å². The minimum Gasteiger partial charge on any atom is -0.305 e. The fraction of sp³-hybridized carbons (Fsp3) is 0.750. The molecule has 0 aliphatic rings. The molecule has 16 heavy (non-hydrogen) atoms. The van der Waals surface area contributed by atoms with Crippen LogP contribution in [0.25, 0.3) is 0 Å². The highest BCUT2D eigenvalue weighted by atomic mass is 35.5. The van der Waals surface area contributed by atoms with E-state index in [1.807, 2.05) is 5.38 Å². The van der Waals surface area contributed by atoms with E-state index in [2.05, 4.69) is 37.7 Å².